The number of alkyl halides is 3. The minimum atomic E-state index is -4.00. The van der Waals surface area contributed by atoms with Crippen molar-refractivity contribution in [2.24, 2.45) is 0 Å². The Bertz CT molecular complexity index is 190. The summed E-state index contributed by atoms with van der Waals surface area (Å²) in [6, 6.07) is 0.720. The predicted octanol–water partition coefficient (Wildman–Crippen LogP) is 3.59. The summed E-state index contributed by atoms with van der Waals surface area (Å²) in [6.07, 6.45) is -1.51. The average Bonchev–Trinajstić information content (AvgIpc) is 2.17. The van der Waals surface area contributed by atoms with E-state index in [1.54, 1.807) is 0 Å². The van der Waals surface area contributed by atoms with E-state index in [0.717, 1.165) is 12.8 Å². The summed E-state index contributed by atoms with van der Waals surface area (Å²) < 4.78 is 35.8. The smallest absolute Gasteiger partial charge is 0.311 e. The number of hydrogen-bond donors (Lipinski definition) is 1. The molecule has 0 aromatic heterocycles. The van der Waals surface area contributed by atoms with Crippen LogP contribution in [0.2, 0.25) is 0 Å². The summed E-state index contributed by atoms with van der Waals surface area (Å²) in [5.41, 5.74) is 0. The zero-order valence-corrected chi connectivity index (χ0v) is 10.5. The summed E-state index contributed by atoms with van der Waals surface area (Å²) in [7, 11) is 0. The SMILES string of the molecule is CC(CCCC(F)(F)F)NC1CCSCC1. The zero-order valence-electron chi connectivity index (χ0n) is 9.65. The van der Waals surface area contributed by atoms with Crippen LogP contribution in [0.3, 0.4) is 0 Å². The van der Waals surface area contributed by atoms with Crippen molar-refractivity contribution >= 4 is 11.8 Å². The second-order valence-electron chi connectivity index (χ2n) is 4.46. The molecule has 1 fully saturated rings. The molecule has 1 heterocycles. The topological polar surface area (TPSA) is 12.0 Å². The number of halogens is 3. The van der Waals surface area contributed by atoms with Gasteiger partial charge in [-0.1, -0.05) is 0 Å². The van der Waals surface area contributed by atoms with Crippen LogP contribution in [-0.4, -0.2) is 29.8 Å². The highest BCUT2D eigenvalue weighted by Crippen LogP contribution is 2.23. The Hall–Kier alpha value is 0.100. The Kier molecular flexibility index (Phi) is 5.97. The fraction of sp³-hybridized carbons (Fsp3) is 1.00. The van der Waals surface area contributed by atoms with Gasteiger partial charge in [-0.2, -0.15) is 24.9 Å². The number of thioether (sulfide) groups is 1. The van der Waals surface area contributed by atoms with E-state index in [1.807, 2.05) is 18.7 Å². The molecule has 0 aromatic carbocycles. The molecule has 0 radical (unpaired) electrons. The molecule has 1 nitrogen and oxygen atoms in total. The third-order valence-corrected chi connectivity index (χ3v) is 3.89. The number of nitrogens with one attached hydrogen (secondary N) is 1. The molecular weight excluding hydrogens is 235 g/mol. The van der Waals surface area contributed by atoms with Crippen molar-refractivity contribution in [3.8, 4) is 0 Å². The minimum Gasteiger partial charge on any atom is -0.311 e. The quantitative estimate of drug-likeness (QED) is 0.805. The van der Waals surface area contributed by atoms with Crippen molar-refractivity contribution in [1.82, 2.24) is 5.32 Å². The van der Waals surface area contributed by atoms with Gasteiger partial charge >= 0.3 is 6.18 Å². The molecule has 0 aliphatic carbocycles. The first-order valence-electron chi connectivity index (χ1n) is 5.88. The van der Waals surface area contributed by atoms with E-state index in [9.17, 15) is 13.2 Å². The second-order valence-corrected chi connectivity index (χ2v) is 5.69. The van der Waals surface area contributed by atoms with Crippen molar-refractivity contribution in [2.75, 3.05) is 11.5 Å². The largest absolute Gasteiger partial charge is 0.389 e. The standard InChI is InChI=1S/C11H20F3NS/c1-9(3-2-6-11(12,13)14)15-10-4-7-16-8-5-10/h9-10,15H,2-8H2,1H3. The lowest BCUT2D eigenvalue weighted by molar-refractivity contribution is -0.135. The highest BCUT2D eigenvalue weighted by atomic mass is 32.2. The van der Waals surface area contributed by atoms with Gasteiger partial charge in [0, 0.05) is 18.5 Å². The van der Waals surface area contributed by atoms with E-state index in [1.165, 1.54) is 11.5 Å². The molecule has 16 heavy (non-hydrogen) atoms. The van der Waals surface area contributed by atoms with E-state index in [-0.39, 0.29) is 12.5 Å². The lowest BCUT2D eigenvalue weighted by Crippen LogP contribution is -2.38. The lowest BCUT2D eigenvalue weighted by Gasteiger charge is -2.26. The van der Waals surface area contributed by atoms with Crippen LogP contribution in [0.4, 0.5) is 13.2 Å². The first-order valence-corrected chi connectivity index (χ1v) is 7.03. The molecule has 1 unspecified atom stereocenters. The third kappa shape index (κ3) is 6.63. The maximum atomic E-state index is 11.9. The van der Waals surface area contributed by atoms with Gasteiger partial charge in [0.25, 0.3) is 0 Å². The van der Waals surface area contributed by atoms with Crippen LogP contribution in [0.5, 0.6) is 0 Å². The van der Waals surface area contributed by atoms with E-state index in [0.29, 0.717) is 12.5 Å². The summed E-state index contributed by atoms with van der Waals surface area (Å²) in [4.78, 5) is 0. The normalized spacial score (nSPS) is 21.0. The monoisotopic (exact) mass is 255 g/mol. The Morgan fingerprint density at radius 2 is 1.94 bits per heavy atom. The van der Waals surface area contributed by atoms with Crippen LogP contribution in [0, 0.1) is 0 Å². The molecule has 1 saturated heterocycles. The molecule has 0 amide bonds. The highest BCUT2D eigenvalue weighted by molar-refractivity contribution is 7.99. The average molecular weight is 255 g/mol. The van der Waals surface area contributed by atoms with Crippen molar-refractivity contribution in [1.29, 1.82) is 0 Å². The summed E-state index contributed by atoms with van der Waals surface area (Å²) >= 11 is 1.96. The minimum absolute atomic E-state index is 0.204. The Balaban J connectivity index is 2.08. The molecule has 0 spiro atoms. The molecular formula is C11H20F3NS. The molecule has 1 aliphatic heterocycles. The van der Waals surface area contributed by atoms with Gasteiger partial charge in [0.15, 0.2) is 0 Å². The summed E-state index contributed by atoms with van der Waals surface area (Å²) in [5.74, 6) is 2.35. The van der Waals surface area contributed by atoms with Crippen molar-refractivity contribution < 1.29 is 13.2 Å². The van der Waals surface area contributed by atoms with Crippen LogP contribution in [0.1, 0.15) is 39.0 Å². The summed E-state index contributed by atoms with van der Waals surface area (Å²) in [5, 5.41) is 3.42. The van der Waals surface area contributed by atoms with Gasteiger partial charge in [0.05, 0.1) is 0 Å². The maximum Gasteiger partial charge on any atom is 0.389 e. The molecule has 96 valence electrons. The van der Waals surface area contributed by atoms with Crippen molar-refractivity contribution in [3.63, 3.8) is 0 Å². The molecule has 0 bridgehead atoms. The van der Waals surface area contributed by atoms with Crippen molar-refractivity contribution in [3.05, 3.63) is 0 Å². The molecule has 1 atom stereocenters. The first-order chi connectivity index (χ1) is 7.47. The third-order valence-electron chi connectivity index (χ3n) is 2.84. The Labute approximate surface area is 99.6 Å². The molecule has 1 N–H and O–H groups in total. The maximum absolute atomic E-state index is 11.9. The van der Waals surface area contributed by atoms with Gasteiger partial charge < -0.3 is 5.32 Å². The lowest BCUT2D eigenvalue weighted by atomic mass is 10.1. The predicted molar refractivity (Wildman–Crippen MR) is 62.9 cm³/mol. The second kappa shape index (κ2) is 6.74. The highest BCUT2D eigenvalue weighted by Gasteiger charge is 2.26. The molecule has 1 rings (SSSR count). The first kappa shape index (κ1) is 14.2. The summed E-state index contributed by atoms with van der Waals surface area (Å²) in [6.45, 7) is 1.98. The zero-order chi connectivity index (χ0) is 12.0. The van der Waals surface area contributed by atoms with Crippen LogP contribution < -0.4 is 5.32 Å². The molecule has 0 aromatic rings. The van der Waals surface area contributed by atoms with Gasteiger partial charge in [0.2, 0.25) is 0 Å². The number of hydrogen-bond acceptors (Lipinski definition) is 2. The number of rotatable bonds is 5. The van der Waals surface area contributed by atoms with Gasteiger partial charge in [0.1, 0.15) is 0 Å². The molecule has 0 saturated carbocycles. The van der Waals surface area contributed by atoms with Crippen LogP contribution >= 0.6 is 11.8 Å². The van der Waals surface area contributed by atoms with Crippen LogP contribution in [0.15, 0.2) is 0 Å². The fourth-order valence-electron chi connectivity index (χ4n) is 1.96. The fourth-order valence-corrected chi connectivity index (χ4v) is 3.07. The van der Waals surface area contributed by atoms with Crippen LogP contribution in [-0.2, 0) is 0 Å². The Morgan fingerprint density at radius 1 is 1.31 bits per heavy atom. The van der Waals surface area contributed by atoms with E-state index >= 15 is 0 Å². The molecule has 5 heteroatoms. The van der Waals surface area contributed by atoms with Gasteiger partial charge in [-0.3, -0.25) is 0 Å². The Morgan fingerprint density at radius 3 is 2.50 bits per heavy atom. The van der Waals surface area contributed by atoms with Crippen molar-refractivity contribution in [2.45, 2.75) is 57.3 Å². The van der Waals surface area contributed by atoms with E-state index < -0.39 is 12.6 Å². The molecule has 1 aliphatic rings. The van der Waals surface area contributed by atoms with Gasteiger partial charge in [-0.15, -0.1) is 0 Å². The van der Waals surface area contributed by atoms with Gasteiger partial charge in [-0.05, 0) is 44.1 Å². The van der Waals surface area contributed by atoms with Gasteiger partial charge in [-0.25, -0.2) is 0 Å². The van der Waals surface area contributed by atoms with E-state index in [4.69, 9.17) is 0 Å². The van der Waals surface area contributed by atoms with E-state index in [2.05, 4.69) is 5.32 Å². The van der Waals surface area contributed by atoms with Crippen LogP contribution in [0.25, 0.3) is 0 Å².